The minimum Gasteiger partial charge on any atom is -0.458 e. The molecule has 2 atom stereocenters. The van der Waals surface area contributed by atoms with Crippen LogP contribution in [-0.4, -0.2) is 20.6 Å². The number of hydrogen-bond acceptors (Lipinski definition) is 6. The zero-order valence-corrected chi connectivity index (χ0v) is 17.6. The Hall–Kier alpha value is -2.74. The molecule has 1 aliphatic carbocycles. The van der Waals surface area contributed by atoms with Gasteiger partial charge in [0.2, 0.25) is 0 Å². The Morgan fingerprint density at radius 3 is 2.90 bits per heavy atom. The third-order valence-corrected chi connectivity index (χ3v) is 7.38. The molecule has 6 rings (SSSR count). The number of nitrogens with two attached hydrogens (primary N) is 1. The quantitative estimate of drug-likeness (QED) is 0.443. The lowest BCUT2D eigenvalue weighted by atomic mass is 9.83. The van der Waals surface area contributed by atoms with Gasteiger partial charge < -0.3 is 20.1 Å². The summed E-state index contributed by atoms with van der Waals surface area (Å²) in [4.78, 5) is 30.6. The summed E-state index contributed by atoms with van der Waals surface area (Å²) in [7, 11) is 0. The fraction of sp³-hybridized carbons (Fsp3) is 0.348. The molecule has 8 heteroatoms. The molecular formula is C23H20ClN3O4. The number of halogens is 1. The van der Waals surface area contributed by atoms with E-state index in [0.717, 1.165) is 40.4 Å². The maximum atomic E-state index is 13.4. The van der Waals surface area contributed by atoms with Crippen LogP contribution in [0.5, 0.6) is 0 Å². The number of carbonyl (C=O) groups is 1. The average Bonchev–Trinajstić information content (AvgIpc) is 3.13. The lowest BCUT2D eigenvalue weighted by Gasteiger charge is -2.31. The maximum absolute atomic E-state index is 13.4. The molecule has 3 N–H and O–H groups in total. The van der Waals surface area contributed by atoms with Gasteiger partial charge in [0.1, 0.15) is 6.61 Å². The number of cyclic esters (lactones) is 1. The van der Waals surface area contributed by atoms with Crippen LogP contribution in [0, 0.1) is 0 Å². The lowest BCUT2D eigenvalue weighted by Crippen LogP contribution is -2.44. The van der Waals surface area contributed by atoms with E-state index in [2.05, 4.69) is 0 Å². The highest BCUT2D eigenvalue weighted by molar-refractivity contribution is 6.32. The number of aromatic nitrogens is 2. The van der Waals surface area contributed by atoms with Crippen molar-refractivity contribution < 1.29 is 14.6 Å². The molecule has 4 heterocycles. The van der Waals surface area contributed by atoms with E-state index in [4.69, 9.17) is 27.1 Å². The van der Waals surface area contributed by atoms with E-state index in [1.54, 1.807) is 17.6 Å². The van der Waals surface area contributed by atoms with Crippen LogP contribution in [0.3, 0.4) is 0 Å². The van der Waals surface area contributed by atoms with Crippen molar-refractivity contribution in [3.05, 3.63) is 61.4 Å². The minimum atomic E-state index is -1.84. The van der Waals surface area contributed by atoms with Crippen molar-refractivity contribution in [3.8, 4) is 11.4 Å². The summed E-state index contributed by atoms with van der Waals surface area (Å²) in [6, 6.07) is 5.27. The van der Waals surface area contributed by atoms with Crippen molar-refractivity contribution in [1.82, 2.24) is 9.55 Å². The largest absolute Gasteiger partial charge is 0.458 e. The van der Waals surface area contributed by atoms with Crippen LogP contribution < -0.4 is 11.3 Å². The number of carbonyl (C=O) groups excluding carboxylic acids is 1. The molecule has 0 spiro atoms. The Balaban J connectivity index is 1.69. The summed E-state index contributed by atoms with van der Waals surface area (Å²) < 4.78 is 6.78. The first kappa shape index (κ1) is 19.0. The molecule has 3 aromatic rings. The lowest BCUT2D eigenvalue weighted by molar-refractivity contribution is -0.172. The highest BCUT2D eigenvalue weighted by Gasteiger charge is 2.45. The molecule has 1 aromatic carbocycles. The van der Waals surface area contributed by atoms with Crippen LogP contribution in [0.2, 0.25) is 5.02 Å². The SMILES string of the molecule is CC[C@@]1(O)C(=O)OCc2c1cc1n(c2=O)Cc2c-1nc1ccc(Cl)c3c1c2C(N)CC3. The van der Waals surface area contributed by atoms with Gasteiger partial charge in [-0.3, -0.25) is 4.79 Å². The number of hydrogen-bond donors (Lipinski definition) is 2. The first-order chi connectivity index (χ1) is 14.8. The molecule has 31 heavy (non-hydrogen) atoms. The van der Waals surface area contributed by atoms with Crippen molar-refractivity contribution in [2.45, 2.75) is 51.0 Å². The summed E-state index contributed by atoms with van der Waals surface area (Å²) in [5.74, 6) is -0.729. The van der Waals surface area contributed by atoms with Crippen LogP contribution in [0.15, 0.2) is 23.0 Å². The van der Waals surface area contributed by atoms with E-state index in [1.807, 2.05) is 12.1 Å². The number of fused-ring (bicyclic) bond motifs is 5. The van der Waals surface area contributed by atoms with Crippen LogP contribution in [0.4, 0.5) is 0 Å². The van der Waals surface area contributed by atoms with Crippen molar-refractivity contribution >= 4 is 28.5 Å². The summed E-state index contributed by atoms with van der Waals surface area (Å²) >= 11 is 6.47. The fourth-order valence-electron chi connectivity index (χ4n) is 5.35. The first-order valence-corrected chi connectivity index (χ1v) is 10.8. The fourth-order valence-corrected chi connectivity index (χ4v) is 5.60. The number of rotatable bonds is 1. The molecule has 0 saturated heterocycles. The van der Waals surface area contributed by atoms with Crippen LogP contribution in [0.25, 0.3) is 22.3 Å². The van der Waals surface area contributed by atoms with Gasteiger partial charge in [0.15, 0.2) is 5.60 Å². The van der Waals surface area contributed by atoms with Gasteiger partial charge in [0.25, 0.3) is 5.56 Å². The zero-order valence-electron chi connectivity index (χ0n) is 16.9. The van der Waals surface area contributed by atoms with E-state index in [1.165, 1.54) is 0 Å². The van der Waals surface area contributed by atoms with Crippen LogP contribution in [-0.2, 0) is 34.7 Å². The number of aliphatic hydroxyl groups is 1. The first-order valence-electron chi connectivity index (χ1n) is 10.4. The topological polar surface area (TPSA) is 107 Å². The van der Waals surface area contributed by atoms with Gasteiger partial charge >= 0.3 is 5.97 Å². The number of aryl methyl sites for hydroxylation is 1. The molecule has 0 fully saturated rings. The summed E-state index contributed by atoms with van der Waals surface area (Å²) in [6.45, 7) is 1.88. The van der Waals surface area contributed by atoms with E-state index in [0.29, 0.717) is 34.1 Å². The third kappa shape index (κ3) is 2.28. The number of nitrogens with zero attached hydrogens (tertiary/aromatic N) is 2. The zero-order chi connectivity index (χ0) is 21.7. The van der Waals surface area contributed by atoms with Gasteiger partial charge in [-0.25, -0.2) is 9.78 Å². The molecule has 0 saturated carbocycles. The van der Waals surface area contributed by atoms with Gasteiger partial charge in [-0.1, -0.05) is 18.5 Å². The van der Waals surface area contributed by atoms with Gasteiger partial charge in [-0.15, -0.1) is 0 Å². The Morgan fingerprint density at radius 1 is 1.32 bits per heavy atom. The van der Waals surface area contributed by atoms with Crippen molar-refractivity contribution in [2.24, 2.45) is 5.73 Å². The molecule has 1 unspecified atom stereocenters. The molecule has 7 nitrogen and oxygen atoms in total. The van der Waals surface area contributed by atoms with Gasteiger partial charge in [-0.2, -0.15) is 0 Å². The molecule has 0 radical (unpaired) electrons. The molecule has 158 valence electrons. The maximum Gasteiger partial charge on any atom is 0.343 e. The van der Waals surface area contributed by atoms with Gasteiger partial charge in [0.05, 0.1) is 29.0 Å². The number of esters is 1. The Labute approximate surface area is 182 Å². The number of ether oxygens (including phenoxy) is 1. The summed E-state index contributed by atoms with van der Waals surface area (Å²) in [5, 5.41) is 12.7. The molecule has 3 aliphatic rings. The van der Waals surface area contributed by atoms with Gasteiger partial charge in [0, 0.05) is 27.6 Å². The number of pyridine rings is 2. The molecule has 0 bridgehead atoms. The second-order valence-corrected chi connectivity index (χ2v) is 8.93. The highest BCUT2D eigenvalue weighted by Crippen LogP contribution is 2.45. The summed E-state index contributed by atoms with van der Waals surface area (Å²) in [5.41, 5.74) is 10.0. The minimum absolute atomic E-state index is 0.109. The van der Waals surface area contributed by atoms with E-state index in [9.17, 15) is 14.7 Å². The predicted molar refractivity (Wildman–Crippen MR) is 115 cm³/mol. The smallest absolute Gasteiger partial charge is 0.343 e. The average molecular weight is 438 g/mol. The molecule has 2 aromatic heterocycles. The Kier molecular flexibility index (Phi) is 3.77. The summed E-state index contributed by atoms with van der Waals surface area (Å²) in [6.07, 6.45) is 1.66. The van der Waals surface area contributed by atoms with Gasteiger partial charge in [-0.05, 0) is 48.6 Å². The second kappa shape index (κ2) is 6.16. The van der Waals surface area contributed by atoms with E-state index in [-0.39, 0.29) is 24.6 Å². The monoisotopic (exact) mass is 437 g/mol. The normalized spacial score (nSPS) is 23.4. The van der Waals surface area contributed by atoms with Crippen molar-refractivity contribution in [1.29, 1.82) is 0 Å². The van der Waals surface area contributed by atoms with Crippen molar-refractivity contribution in [3.63, 3.8) is 0 Å². The Bertz CT molecular complexity index is 1400. The highest BCUT2D eigenvalue weighted by atomic mass is 35.5. The van der Waals surface area contributed by atoms with E-state index < -0.39 is 11.6 Å². The molecular weight excluding hydrogens is 418 g/mol. The molecule has 0 amide bonds. The predicted octanol–water partition coefficient (Wildman–Crippen LogP) is 2.68. The second-order valence-electron chi connectivity index (χ2n) is 8.52. The van der Waals surface area contributed by atoms with Crippen molar-refractivity contribution in [2.75, 3.05) is 0 Å². The standard InChI is InChI=1S/C23H20ClN3O4/c1-2-23(30)13-7-17-20-11(8-27(17)21(28)12(13)9-31-22(23)29)18-15(25)5-3-10-14(24)4-6-16(26-20)19(10)18/h4,6-7,15,30H,2-3,5,8-9,25H2,1H3/t15?,23-/m0/s1. The van der Waals surface area contributed by atoms with Crippen LogP contribution in [0.1, 0.15) is 53.6 Å². The number of benzene rings is 1. The van der Waals surface area contributed by atoms with E-state index >= 15 is 0 Å². The Morgan fingerprint density at radius 2 is 2.13 bits per heavy atom. The third-order valence-electron chi connectivity index (χ3n) is 7.02. The van der Waals surface area contributed by atoms with Crippen LogP contribution >= 0.6 is 11.6 Å². The molecule has 2 aliphatic heterocycles.